The van der Waals surface area contributed by atoms with E-state index >= 15 is 0 Å². The van der Waals surface area contributed by atoms with Gasteiger partial charge < -0.3 is 15.2 Å². The van der Waals surface area contributed by atoms with E-state index in [-0.39, 0.29) is 5.56 Å². The molecule has 1 saturated carbocycles. The first kappa shape index (κ1) is 12.9. The van der Waals surface area contributed by atoms with Crippen molar-refractivity contribution >= 4 is 16.6 Å². The zero-order chi connectivity index (χ0) is 14.2. The van der Waals surface area contributed by atoms with Gasteiger partial charge in [-0.2, -0.15) is 0 Å². The van der Waals surface area contributed by atoms with Crippen molar-refractivity contribution in [3.8, 4) is 0 Å². The van der Waals surface area contributed by atoms with E-state index < -0.39 is 0 Å². The summed E-state index contributed by atoms with van der Waals surface area (Å²) in [5.74, 6) is 0.746. The predicted octanol–water partition coefficient (Wildman–Crippen LogP) is 2.11. The highest BCUT2D eigenvalue weighted by Crippen LogP contribution is 2.27. The van der Waals surface area contributed by atoms with E-state index in [1.54, 1.807) is 6.07 Å². The van der Waals surface area contributed by atoms with E-state index in [0.717, 1.165) is 42.5 Å². The van der Waals surface area contributed by atoms with Crippen molar-refractivity contribution in [3.05, 3.63) is 40.7 Å². The number of nitrogens with zero attached hydrogens (tertiary/aromatic N) is 1. The van der Waals surface area contributed by atoms with Crippen molar-refractivity contribution < 1.29 is 0 Å². The summed E-state index contributed by atoms with van der Waals surface area (Å²) in [7, 11) is 0. The first-order chi connectivity index (χ1) is 10.3. The van der Waals surface area contributed by atoms with Crippen molar-refractivity contribution in [1.29, 1.82) is 0 Å². The SMILES string of the molecule is O=c1ccc2ccc(N3CCC(CNC4CC4)C3)cc2[nH]1. The topological polar surface area (TPSA) is 48.1 Å². The molecule has 110 valence electrons. The fraction of sp³-hybridized carbons (Fsp3) is 0.471. The molecule has 0 amide bonds. The summed E-state index contributed by atoms with van der Waals surface area (Å²) < 4.78 is 0. The molecule has 2 aromatic rings. The van der Waals surface area contributed by atoms with E-state index in [4.69, 9.17) is 0 Å². The smallest absolute Gasteiger partial charge is 0.248 e. The van der Waals surface area contributed by atoms with E-state index in [0.29, 0.717) is 0 Å². The minimum Gasteiger partial charge on any atom is -0.371 e. The molecule has 4 heteroatoms. The summed E-state index contributed by atoms with van der Waals surface area (Å²) in [6.45, 7) is 3.37. The van der Waals surface area contributed by atoms with Crippen LogP contribution in [0.1, 0.15) is 19.3 Å². The summed E-state index contributed by atoms with van der Waals surface area (Å²) in [5.41, 5.74) is 2.12. The summed E-state index contributed by atoms with van der Waals surface area (Å²) in [6.07, 6.45) is 3.96. The van der Waals surface area contributed by atoms with Crippen LogP contribution >= 0.6 is 0 Å². The molecule has 1 aromatic heterocycles. The third kappa shape index (κ3) is 2.81. The first-order valence-corrected chi connectivity index (χ1v) is 7.89. The molecular weight excluding hydrogens is 262 g/mol. The number of aromatic nitrogens is 1. The maximum absolute atomic E-state index is 11.4. The van der Waals surface area contributed by atoms with Crippen molar-refractivity contribution in [3.63, 3.8) is 0 Å². The molecule has 21 heavy (non-hydrogen) atoms. The Kier molecular flexibility index (Phi) is 3.19. The van der Waals surface area contributed by atoms with Crippen molar-refractivity contribution in [2.45, 2.75) is 25.3 Å². The zero-order valence-corrected chi connectivity index (χ0v) is 12.1. The van der Waals surface area contributed by atoms with Crippen LogP contribution in [0.4, 0.5) is 5.69 Å². The van der Waals surface area contributed by atoms with Gasteiger partial charge in [0, 0.05) is 30.9 Å². The number of anilines is 1. The standard InChI is InChI=1S/C17H21N3O/c21-17-6-2-13-1-5-15(9-16(13)19-17)20-8-7-12(11-20)10-18-14-3-4-14/h1-2,5-6,9,12,14,18H,3-4,7-8,10-11H2,(H,19,21). The van der Waals surface area contributed by atoms with E-state index in [1.807, 2.05) is 6.07 Å². The lowest BCUT2D eigenvalue weighted by molar-refractivity contribution is 0.515. The summed E-state index contributed by atoms with van der Waals surface area (Å²) >= 11 is 0. The van der Waals surface area contributed by atoms with Crippen LogP contribution in [0.15, 0.2) is 35.1 Å². The van der Waals surface area contributed by atoms with E-state index in [1.165, 1.54) is 24.9 Å². The Morgan fingerprint density at radius 2 is 2.05 bits per heavy atom. The summed E-state index contributed by atoms with van der Waals surface area (Å²) in [6, 6.07) is 10.6. The molecule has 1 aromatic carbocycles. The number of rotatable bonds is 4. The summed E-state index contributed by atoms with van der Waals surface area (Å²) in [4.78, 5) is 16.8. The van der Waals surface area contributed by atoms with Crippen LogP contribution in [0.3, 0.4) is 0 Å². The molecule has 4 rings (SSSR count). The van der Waals surface area contributed by atoms with Crippen molar-refractivity contribution in [2.24, 2.45) is 5.92 Å². The van der Waals surface area contributed by atoms with Crippen LogP contribution in [0.25, 0.3) is 10.9 Å². The fourth-order valence-corrected chi connectivity index (χ4v) is 3.19. The molecule has 2 N–H and O–H groups in total. The average Bonchev–Trinajstić information content (AvgIpc) is 3.21. The number of pyridine rings is 1. The van der Waals surface area contributed by atoms with Gasteiger partial charge in [-0.1, -0.05) is 6.07 Å². The maximum atomic E-state index is 11.4. The Balaban J connectivity index is 1.49. The fourth-order valence-electron chi connectivity index (χ4n) is 3.19. The van der Waals surface area contributed by atoms with Crippen molar-refractivity contribution in [1.82, 2.24) is 10.3 Å². The number of nitrogens with one attached hydrogen (secondary N) is 2. The Morgan fingerprint density at radius 3 is 2.90 bits per heavy atom. The van der Waals surface area contributed by atoms with Gasteiger partial charge in [-0.15, -0.1) is 0 Å². The van der Waals surface area contributed by atoms with Crippen LogP contribution < -0.4 is 15.8 Å². The highest BCUT2D eigenvalue weighted by molar-refractivity contribution is 5.82. The van der Waals surface area contributed by atoms with Gasteiger partial charge in [0.2, 0.25) is 5.56 Å². The van der Waals surface area contributed by atoms with Crippen LogP contribution in [0.5, 0.6) is 0 Å². The average molecular weight is 283 g/mol. The highest BCUT2D eigenvalue weighted by atomic mass is 16.1. The van der Waals surface area contributed by atoms with Gasteiger partial charge in [0.05, 0.1) is 5.52 Å². The molecule has 1 atom stereocenters. The van der Waals surface area contributed by atoms with Gasteiger partial charge in [-0.25, -0.2) is 0 Å². The molecule has 1 aliphatic carbocycles. The highest BCUT2D eigenvalue weighted by Gasteiger charge is 2.26. The van der Waals surface area contributed by atoms with Gasteiger partial charge in [0.15, 0.2) is 0 Å². The molecule has 1 unspecified atom stereocenters. The van der Waals surface area contributed by atoms with Crippen LogP contribution in [0.2, 0.25) is 0 Å². The predicted molar refractivity (Wildman–Crippen MR) is 85.9 cm³/mol. The molecule has 4 nitrogen and oxygen atoms in total. The third-order valence-electron chi connectivity index (χ3n) is 4.63. The number of hydrogen-bond acceptors (Lipinski definition) is 3. The normalized spacial score (nSPS) is 22.1. The van der Waals surface area contributed by atoms with Crippen LogP contribution in [-0.4, -0.2) is 30.7 Å². The molecule has 2 aliphatic rings. The maximum Gasteiger partial charge on any atom is 0.248 e. The van der Waals surface area contributed by atoms with Gasteiger partial charge >= 0.3 is 0 Å². The number of fused-ring (bicyclic) bond motifs is 1. The Hall–Kier alpha value is -1.81. The Labute approximate surface area is 124 Å². The molecular formula is C17H21N3O. The van der Waals surface area contributed by atoms with Gasteiger partial charge in [0.25, 0.3) is 0 Å². The number of benzene rings is 1. The lowest BCUT2D eigenvalue weighted by Gasteiger charge is -2.19. The molecule has 2 heterocycles. The second-order valence-electron chi connectivity index (χ2n) is 6.38. The largest absolute Gasteiger partial charge is 0.371 e. The first-order valence-electron chi connectivity index (χ1n) is 7.89. The molecule has 0 radical (unpaired) electrons. The lowest BCUT2D eigenvalue weighted by atomic mass is 10.1. The Morgan fingerprint density at radius 1 is 1.19 bits per heavy atom. The number of H-pyrrole nitrogens is 1. The third-order valence-corrected chi connectivity index (χ3v) is 4.63. The second-order valence-corrected chi connectivity index (χ2v) is 6.38. The molecule has 0 bridgehead atoms. The van der Waals surface area contributed by atoms with E-state index in [2.05, 4.69) is 33.4 Å². The zero-order valence-electron chi connectivity index (χ0n) is 12.1. The Bertz CT molecular complexity index is 704. The quantitative estimate of drug-likeness (QED) is 0.903. The molecule has 1 saturated heterocycles. The van der Waals surface area contributed by atoms with Crippen LogP contribution in [0, 0.1) is 5.92 Å². The van der Waals surface area contributed by atoms with E-state index in [9.17, 15) is 4.79 Å². The summed E-state index contributed by atoms with van der Waals surface area (Å²) in [5, 5.41) is 4.72. The lowest BCUT2D eigenvalue weighted by Crippen LogP contribution is -2.27. The van der Waals surface area contributed by atoms with Gasteiger partial charge in [-0.05, 0) is 55.3 Å². The number of hydrogen-bond donors (Lipinski definition) is 2. The molecule has 1 aliphatic heterocycles. The minimum atomic E-state index is -0.0346. The molecule has 2 fully saturated rings. The van der Waals surface area contributed by atoms with Gasteiger partial charge in [-0.3, -0.25) is 4.79 Å². The monoisotopic (exact) mass is 283 g/mol. The van der Waals surface area contributed by atoms with Gasteiger partial charge in [0.1, 0.15) is 0 Å². The minimum absolute atomic E-state index is 0.0346. The van der Waals surface area contributed by atoms with Crippen LogP contribution in [-0.2, 0) is 0 Å². The number of aromatic amines is 1. The molecule has 0 spiro atoms. The second kappa shape index (κ2) is 5.19. The van der Waals surface area contributed by atoms with Crippen molar-refractivity contribution in [2.75, 3.05) is 24.5 Å².